The van der Waals surface area contributed by atoms with Crippen LogP contribution >= 0.6 is 46.4 Å². The number of halogens is 4. The fraction of sp³-hybridized carbons (Fsp3) is 0.357. The molecule has 0 heterocycles. The van der Waals surface area contributed by atoms with Gasteiger partial charge in [-0.25, -0.2) is 0 Å². The van der Waals surface area contributed by atoms with Gasteiger partial charge in [0.05, 0.1) is 21.7 Å². The molecule has 108 valence electrons. The van der Waals surface area contributed by atoms with Crippen molar-refractivity contribution in [1.29, 1.82) is 0 Å². The number of amides is 1. The molecule has 1 N–H and O–H groups in total. The van der Waals surface area contributed by atoms with Crippen molar-refractivity contribution >= 4 is 58.0 Å². The summed E-state index contributed by atoms with van der Waals surface area (Å²) in [6.07, 6.45) is 1.70. The third-order valence-electron chi connectivity index (χ3n) is 3.71. The van der Waals surface area contributed by atoms with E-state index in [1.165, 1.54) is 0 Å². The van der Waals surface area contributed by atoms with Crippen molar-refractivity contribution in [3.05, 3.63) is 38.8 Å². The lowest BCUT2D eigenvalue weighted by Gasteiger charge is -2.08. The van der Waals surface area contributed by atoms with Crippen LogP contribution in [0.25, 0.3) is 0 Å². The summed E-state index contributed by atoms with van der Waals surface area (Å²) in [4.78, 5) is 12.3. The van der Waals surface area contributed by atoms with E-state index in [-0.39, 0.29) is 27.6 Å². The standard InChI is InChI=1S/C14H13Cl4NO/c1-14(2)7(6-10(16)17)11(14)13(20)19-9-5-3-4-8(15)12(9)18/h3-7,11H,1-2H3,(H,19,20)/t7-,11-/m0/s1. The highest BCUT2D eigenvalue weighted by atomic mass is 35.5. The molecule has 0 spiro atoms. The third-order valence-corrected chi connectivity index (χ3v) is 4.78. The Morgan fingerprint density at radius 2 is 1.95 bits per heavy atom. The van der Waals surface area contributed by atoms with Crippen molar-refractivity contribution in [2.45, 2.75) is 13.8 Å². The maximum absolute atomic E-state index is 12.3. The van der Waals surface area contributed by atoms with E-state index in [9.17, 15) is 4.79 Å². The minimum atomic E-state index is -0.190. The number of hydrogen-bond acceptors (Lipinski definition) is 1. The molecule has 0 saturated heterocycles. The Balaban J connectivity index is 2.14. The van der Waals surface area contributed by atoms with Crippen LogP contribution in [0.15, 0.2) is 28.8 Å². The van der Waals surface area contributed by atoms with E-state index >= 15 is 0 Å². The molecule has 1 aliphatic rings. The van der Waals surface area contributed by atoms with Gasteiger partial charge in [-0.05, 0) is 29.5 Å². The minimum absolute atomic E-state index is 0.0189. The minimum Gasteiger partial charge on any atom is -0.324 e. The smallest absolute Gasteiger partial charge is 0.228 e. The quantitative estimate of drug-likeness (QED) is 0.761. The molecule has 1 amide bonds. The maximum atomic E-state index is 12.3. The van der Waals surface area contributed by atoms with E-state index in [1.54, 1.807) is 24.3 Å². The number of allylic oxidation sites excluding steroid dienone is 1. The van der Waals surface area contributed by atoms with E-state index in [2.05, 4.69) is 5.32 Å². The van der Waals surface area contributed by atoms with E-state index in [1.807, 2.05) is 13.8 Å². The van der Waals surface area contributed by atoms with Crippen LogP contribution in [0.4, 0.5) is 5.69 Å². The maximum Gasteiger partial charge on any atom is 0.228 e. The third kappa shape index (κ3) is 3.09. The molecule has 1 aromatic carbocycles. The fourth-order valence-corrected chi connectivity index (χ4v) is 3.06. The number of anilines is 1. The second-order valence-electron chi connectivity index (χ2n) is 5.37. The normalized spacial score (nSPS) is 23.1. The summed E-state index contributed by atoms with van der Waals surface area (Å²) in [6, 6.07) is 5.11. The number of benzene rings is 1. The molecule has 6 heteroatoms. The second-order valence-corrected chi connectivity index (χ2v) is 7.16. The predicted molar refractivity (Wildman–Crippen MR) is 85.6 cm³/mol. The molecule has 1 fully saturated rings. The zero-order valence-electron chi connectivity index (χ0n) is 10.9. The number of rotatable bonds is 3. The van der Waals surface area contributed by atoms with Gasteiger partial charge >= 0.3 is 0 Å². The van der Waals surface area contributed by atoms with Crippen LogP contribution in [0.1, 0.15) is 13.8 Å². The van der Waals surface area contributed by atoms with Gasteiger partial charge in [0.1, 0.15) is 4.49 Å². The van der Waals surface area contributed by atoms with E-state index in [4.69, 9.17) is 46.4 Å². The largest absolute Gasteiger partial charge is 0.324 e. The number of carbonyl (C=O) groups excluding carboxylic acids is 1. The summed E-state index contributed by atoms with van der Waals surface area (Å²) >= 11 is 23.3. The summed E-state index contributed by atoms with van der Waals surface area (Å²) in [7, 11) is 0. The highest BCUT2D eigenvalue weighted by Gasteiger charge is 2.60. The van der Waals surface area contributed by atoms with Gasteiger partial charge in [0, 0.05) is 0 Å². The number of nitrogens with one attached hydrogen (secondary N) is 1. The molecule has 1 aromatic rings. The first-order valence-corrected chi connectivity index (χ1v) is 7.54. The topological polar surface area (TPSA) is 29.1 Å². The first-order chi connectivity index (χ1) is 9.25. The molecule has 1 saturated carbocycles. The van der Waals surface area contributed by atoms with Crippen molar-refractivity contribution < 1.29 is 4.79 Å². The molecule has 0 aromatic heterocycles. The van der Waals surface area contributed by atoms with Crippen LogP contribution in [-0.4, -0.2) is 5.91 Å². The second kappa shape index (κ2) is 5.76. The predicted octanol–water partition coefficient (Wildman–Crippen LogP) is 5.52. The van der Waals surface area contributed by atoms with E-state index in [0.29, 0.717) is 15.7 Å². The first-order valence-electron chi connectivity index (χ1n) is 6.03. The van der Waals surface area contributed by atoms with Gasteiger partial charge in [-0.2, -0.15) is 0 Å². The average molecular weight is 353 g/mol. The molecular weight excluding hydrogens is 340 g/mol. The summed E-state index contributed by atoms with van der Waals surface area (Å²) in [6.45, 7) is 3.99. The Labute approximate surface area is 138 Å². The molecule has 0 radical (unpaired) electrons. The summed E-state index contributed by atoms with van der Waals surface area (Å²) in [5.74, 6) is -0.287. The molecule has 0 unspecified atom stereocenters. The van der Waals surface area contributed by atoms with Crippen molar-refractivity contribution in [3.8, 4) is 0 Å². The number of carbonyl (C=O) groups is 1. The molecule has 0 aliphatic heterocycles. The van der Waals surface area contributed by atoms with Gasteiger partial charge < -0.3 is 5.32 Å². The van der Waals surface area contributed by atoms with Crippen molar-refractivity contribution in [1.82, 2.24) is 0 Å². The van der Waals surface area contributed by atoms with E-state index in [0.717, 1.165) is 0 Å². The Hall–Kier alpha value is -0.410. The highest BCUT2D eigenvalue weighted by molar-refractivity contribution is 6.55. The summed E-state index contributed by atoms with van der Waals surface area (Å²) in [5.41, 5.74) is 0.330. The van der Waals surface area contributed by atoms with Crippen molar-refractivity contribution in [2.75, 3.05) is 5.32 Å². The molecule has 0 bridgehead atoms. The van der Waals surface area contributed by atoms with Crippen molar-refractivity contribution in [2.24, 2.45) is 17.3 Å². The lowest BCUT2D eigenvalue weighted by Crippen LogP contribution is -2.17. The lowest BCUT2D eigenvalue weighted by atomic mass is 10.1. The lowest BCUT2D eigenvalue weighted by molar-refractivity contribution is -0.118. The number of hydrogen-bond donors (Lipinski definition) is 1. The molecule has 1 aliphatic carbocycles. The SMILES string of the molecule is CC1(C)[C@H](C(=O)Nc2cccc(Cl)c2Cl)[C@@H]1C=C(Cl)Cl. The van der Waals surface area contributed by atoms with Gasteiger partial charge in [0.25, 0.3) is 0 Å². The van der Waals surface area contributed by atoms with Crippen LogP contribution in [-0.2, 0) is 4.79 Å². The van der Waals surface area contributed by atoms with Gasteiger partial charge in [0.2, 0.25) is 5.91 Å². The van der Waals surface area contributed by atoms with Gasteiger partial charge in [-0.15, -0.1) is 0 Å². The first kappa shape index (κ1) is 16.0. The molecule has 2 atom stereocenters. The molecule has 2 nitrogen and oxygen atoms in total. The average Bonchev–Trinajstić information content (AvgIpc) is 2.86. The molecule has 2 rings (SSSR count). The molecule has 20 heavy (non-hydrogen) atoms. The highest BCUT2D eigenvalue weighted by Crippen LogP contribution is 2.60. The van der Waals surface area contributed by atoms with E-state index < -0.39 is 0 Å². The van der Waals surface area contributed by atoms with Gasteiger partial charge in [0.15, 0.2) is 0 Å². The Morgan fingerprint density at radius 1 is 1.30 bits per heavy atom. The van der Waals surface area contributed by atoms with Crippen LogP contribution in [0.2, 0.25) is 10.0 Å². The van der Waals surface area contributed by atoms with Gasteiger partial charge in [-0.1, -0.05) is 66.3 Å². The summed E-state index contributed by atoms with van der Waals surface area (Å²) in [5, 5.41) is 3.54. The fourth-order valence-electron chi connectivity index (χ4n) is 2.44. The van der Waals surface area contributed by atoms with Crippen LogP contribution in [0.3, 0.4) is 0 Å². The zero-order chi connectivity index (χ0) is 15.1. The van der Waals surface area contributed by atoms with Gasteiger partial charge in [-0.3, -0.25) is 4.79 Å². The van der Waals surface area contributed by atoms with Crippen LogP contribution < -0.4 is 5.32 Å². The Morgan fingerprint density at radius 3 is 2.55 bits per heavy atom. The molecular formula is C14H13Cl4NO. The Bertz CT molecular complexity index is 579. The monoisotopic (exact) mass is 351 g/mol. The van der Waals surface area contributed by atoms with Crippen molar-refractivity contribution in [3.63, 3.8) is 0 Å². The summed E-state index contributed by atoms with van der Waals surface area (Å²) < 4.78 is 0.180. The van der Waals surface area contributed by atoms with Crippen LogP contribution in [0, 0.1) is 17.3 Å². The Kier molecular flexibility index (Phi) is 4.60. The zero-order valence-corrected chi connectivity index (χ0v) is 13.9. The van der Waals surface area contributed by atoms with Crippen LogP contribution in [0.5, 0.6) is 0 Å².